The molecule has 0 fully saturated rings. The molecule has 0 saturated carbocycles. The lowest BCUT2D eigenvalue weighted by molar-refractivity contribution is 0.0857. The van der Waals surface area contributed by atoms with Crippen LogP contribution in [0.1, 0.15) is 10.4 Å². The minimum atomic E-state index is -0.228. The number of carbonyl (C=O) groups is 1. The van der Waals surface area contributed by atoms with Crippen LogP contribution in [0.2, 0.25) is 10.0 Å². The van der Waals surface area contributed by atoms with Crippen LogP contribution in [-0.2, 0) is 0 Å². The number of halogens is 2. The molecule has 2 aromatic rings. The number of carbonyl (C=O) groups excluding carboxylic acids is 1. The van der Waals surface area contributed by atoms with E-state index < -0.39 is 0 Å². The van der Waals surface area contributed by atoms with Crippen molar-refractivity contribution in [1.29, 1.82) is 0 Å². The molecule has 1 heterocycles. The van der Waals surface area contributed by atoms with Gasteiger partial charge in [0, 0.05) is 18.2 Å². The number of nitrogens with zero attached hydrogens (tertiary/aromatic N) is 2. The van der Waals surface area contributed by atoms with Crippen molar-refractivity contribution >= 4 is 40.8 Å². The number of para-hydroxylation sites is 1. The number of ether oxygens (including phenoxy) is 2. The lowest BCUT2D eigenvalue weighted by Crippen LogP contribution is -2.38. The molecule has 136 valence electrons. The maximum atomic E-state index is 13.0. The molecule has 0 aliphatic carbocycles. The Balaban J connectivity index is 1.87. The Morgan fingerprint density at radius 1 is 1.12 bits per heavy atom. The zero-order valence-electron chi connectivity index (χ0n) is 14.3. The van der Waals surface area contributed by atoms with Gasteiger partial charge in [-0.25, -0.2) is 0 Å². The summed E-state index contributed by atoms with van der Waals surface area (Å²) in [6.45, 7) is 0.931. The third-order valence-corrected chi connectivity index (χ3v) is 4.51. The number of nitrogens with one attached hydrogen (secondary N) is 1. The van der Waals surface area contributed by atoms with Gasteiger partial charge in [-0.05, 0) is 24.3 Å². The number of rotatable bonds is 4. The number of benzene rings is 2. The predicted molar refractivity (Wildman–Crippen MR) is 103 cm³/mol. The molecule has 26 heavy (non-hydrogen) atoms. The number of guanidine groups is 1. The molecule has 0 unspecified atom stereocenters. The van der Waals surface area contributed by atoms with Gasteiger partial charge in [-0.3, -0.25) is 14.7 Å². The standard InChI is InChI=1S/C18H17Cl2N3O3/c1-25-12-8-11(9-13(10-12)26-2)17(24)23-7-6-21-18(23)22-16-14(19)4-3-5-15(16)20/h3-5,8-10H,6-7H2,1-2H3,(H,21,22). The highest BCUT2D eigenvalue weighted by Gasteiger charge is 2.26. The highest BCUT2D eigenvalue weighted by Crippen LogP contribution is 2.31. The SMILES string of the molecule is COc1cc(OC)cc(C(=O)N2CCN=C2Nc2c(Cl)cccc2Cl)c1. The van der Waals surface area contributed by atoms with E-state index in [0.29, 0.717) is 51.8 Å². The Kier molecular flexibility index (Phi) is 5.54. The topological polar surface area (TPSA) is 63.2 Å². The first kappa shape index (κ1) is 18.4. The lowest BCUT2D eigenvalue weighted by Gasteiger charge is -2.21. The van der Waals surface area contributed by atoms with Crippen molar-refractivity contribution in [2.24, 2.45) is 4.99 Å². The first-order chi connectivity index (χ1) is 12.5. The quantitative estimate of drug-likeness (QED) is 0.854. The molecule has 1 N–H and O–H groups in total. The molecule has 1 amide bonds. The Morgan fingerprint density at radius 2 is 1.73 bits per heavy atom. The second-order valence-electron chi connectivity index (χ2n) is 5.49. The summed E-state index contributed by atoms with van der Waals surface area (Å²) in [7, 11) is 3.07. The van der Waals surface area contributed by atoms with Gasteiger partial charge >= 0.3 is 0 Å². The number of anilines is 1. The number of amides is 1. The van der Waals surface area contributed by atoms with Crippen molar-refractivity contribution in [1.82, 2.24) is 4.90 Å². The van der Waals surface area contributed by atoms with Crippen molar-refractivity contribution < 1.29 is 14.3 Å². The summed E-state index contributed by atoms with van der Waals surface area (Å²) in [6, 6.07) is 10.2. The second-order valence-corrected chi connectivity index (χ2v) is 6.30. The van der Waals surface area contributed by atoms with Crippen molar-refractivity contribution in [3.05, 3.63) is 52.0 Å². The average molecular weight is 394 g/mol. The van der Waals surface area contributed by atoms with Gasteiger partial charge in [0.2, 0.25) is 5.96 Å². The predicted octanol–water partition coefficient (Wildman–Crippen LogP) is 3.93. The molecule has 1 aliphatic heterocycles. The minimum Gasteiger partial charge on any atom is -0.497 e. The summed E-state index contributed by atoms with van der Waals surface area (Å²) in [5.41, 5.74) is 0.945. The van der Waals surface area contributed by atoms with Crippen LogP contribution in [0.15, 0.2) is 41.4 Å². The summed E-state index contributed by atoms with van der Waals surface area (Å²) in [5.74, 6) is 1.24. The van der Waals surface area contributed by atoms with E-state index >= 15 is 0 Å². The molecule has 0 atom stereocenters. The molecule has 0 saturated heterocycles. The molecule has 0 spiro atoms. The molecule has 2 aromatic carbocycles. The van der Waals surface area contributed by atoms with E-state index in [2.05, 4.69) is 10.3 Å². The van der Waals surface area contributed by atoms with Gasteiger partial charge in [0.1, 0.15) is 11.5 Å². The second kappa shape index (κ2) is 7.85. The van der Waals surface area contributed by atoms with Gasteiger partial charge in [0.05, 0.1) is 36.5 Å². The Hall–Kier alpha value is -2.44. The van der Waals surface area contributed by atoms with Crippen LogP contribution < -0.4 is 14.8 Å². The fraction of sp³-hybridized carbons (Fsp3) is 0.222. The van der Waals surface area contributed by atoms with Crippen molar-refractivity contribution in [3.8, 4) is 11.5 Å². The third kappa shape index (κ3) is 3.71. The van der Waals surface area contributed by atoms with Gasteiger partial charge in [-0.2, -0.15) is 0 Å². The largest absolute Gasteiger partial charge is 0.497 e. The van der Waals surface area contributed by atoms with Crippen LogP contribution >= 0.6 is 23.2 Å². The molecule has 3 rings (SSSR count). The highest BCUT2D eigenvalue weighted by molar-refractivity contribution is 6.40. The first-order valence-corrected chi connectivity index (χ1v) is 8.59. The van der Waals surface area contributed by atoms with Gasteiger partial charge in [0.25, 0.3) is 5.91 Å². The van der Waals surface area contributed by atoms with E-state index in [4.69, 9.17) is 32.7 Å². The van der Waals surface area contributed by atoms with Crippen LogP contribution in [0.5, 0.6) is 11.5 Å². The summed E-state index contributed by atoms with van der Waals surface area (Å²) in [5, 5.41) is 3.96. The van der Waals surface area contributed by atoms with Crippen LogP contribution in [0, 0.1) is 0 Å². The highest BCUT2D eigenvalue weighted by atomic mass is 35.5. The van der Waals surface area contributed by atoms with E-state index in [0.717, 1.165) is 0 Å². The van der Waals surface area contributed by atoms with Gasteiger partial charge in [-0.1, -0.05) is 29.3 Å². The summed E-state index contributed by atoms with van der Waals surface area (Å²) >= 11 is 12.4. The molecular weight excluding hydrogens is 377 g/mol. The molecular formula is C18H17Cl2N3O3. The zero-order valence-corrected chi connectivity index (χ0v) is 15.8. The molecule has 8 heteroatoms. The minimum absolute atomic E-state index is 0.228. The zero-order chi connectivity index (χ0) is 18.7. The average Bonchev–Trinajstić information content (AvgIpc) is 3.12. The third-order valence-electron chi connectivity index (χ3n) is 3.88. The van der Waals surface area contributed by atoms with Gasteiger partial charge in [-0.15, -0.1) is 0 Å². The smallest absolute Gasteiger partial charge is 0.260 e. The summed E-state index contributed by atoms with van der Waals surface area (Å²) in [4.78, 5) is 18.9. The van der Waals surface area contributed by atoms with Crippen LogP contribution in [-0.4, -0.2) is 44.1 Å². The van der Waals surface area contributed by atoms with Crippen molar-refractivity contribution in [2.75, 3.05) is 32.6 Å². The normalized spacial score (nSPS) is 13.4. The molecule has 1 aliphatic rings. The summed E-state index contributed by atoms with van der Waals surface area (Å²) in [6.07, 6.45) is 0. The number of hydrogen-bond donors (Lipinski definition) is 1. The Morgan fingerprint density at radius 3 is 2.31 bits per heavy atom. The fourth-order valence-corrected chi connectivity index (χ4v) is 3.06. The number of aliphatic imine (C=N–C) groups is 1. The van der Waals surface area contributed by atoms with E-state index in [-0.39, 0.29) is 5.91 Å². The fourth-order valence-electron chi connectivity index (χ4n) is 2.57. The lowest BCUT2D eigenvalue weighted by atomic mass is 10.1. The van der Waals surface area contributed by atoms with E-state index in [1.165, 1.54) is 19.1 Å². The van der Waals surface area contributed by atoms with E-state index in [1.807, 2.05) is 0 Å². The number of hydrogen-bond acceptors (Lipinski definition) is 5. The van der Waals surface area contributed by atoms with Crippen LogP contribution in [0.25, 0.3) is 0 Å². The van der Waals surface area contributed by atoms with Crippen LogP contribution in [0.4, 0.5) is 5.69 Å². The van der Waals surface area contributed by atoms with Crippen LogP contribution in [0.3, 0.4) is 0 Å². The molecule has 0 aromatic heterocycles. The van der Waals surface area contributed by atoms with E-state index in [1.54, 1.807) is 36.4 Å². The Labute approximate surface area is 161 Å². The van der Waals surface area contributed by atoms with Crippen molar-refractivity contribution in [2.45, 2.75) is 0 Å². The monoisotopic (exact) mass is 393 g/mol. The maximum absolute atomic E-state index is 13.0. The Bertz CT molecular complexity index is 828. The molecule has 6 nitrogen and oxygen atoms in total. The first-order valence-electron chi connectivity index (χ1n) is 7.84. The van der Waals surface area contributed by atoms with Crippen molar-refractivity contribution in [3.63, 3.8) is 0 Å². The van der Waals surface area contributed by atoms with Gasteiger partial charge in [0.15, 0.2) is 0 Å². The summed E-state index contributed by atoms with van der Waals surface area (Å²) < 4.78 is 10.5. The van der Waals surface area contributed by atoms with E-state index in [9.17, 15) is 4.79 Å². The number of methoxy groups -OCH3 is 2. The molecule has 0 radical (unpaired) electrons. The van der Waals surface area contributed by atoms with Gasteiger partial charge < -0.3 is 14.8 Å². The maximum Gasteiger partial charge on any atom is 0.260 e. The molecule has 0 bridgehead atoms.